The Kier molecular flexibility index (Phi) is 14.5. The molecule has 72 heavy (non-hydrogen) atoms. The Morgan fingerprint density at radius 2 is 1.33 bits per heavy atom. The van der Waals surface area contributed by atoms with Gasteiger partial charge in [0.1, 0.15) is 19.0 Å². The van der Waals surface area contributed by atoms with Crippen LogP contribution in [-0.4, -0.2) is 93.6 Å². The highest BCUT2D eigenvalue weighted by molar-refractivity contribution is 8.77. The molecule has 4 aliphatic heterocycles. The fourth-order valence-electron chi connectivity index (χ4n) is 9.37. The topological polar surface area (TPSA) is 195 Å². The van der Waals surface area contributed by atoms with E-state index in [-0.39, 0.29) is 55.9 Å². The molecule has 0 aliphatic carbocycles. The molecule has 0 saturated heterocycles. The van der Waals surface area contributed by atoms with Gasteiger partial charge in [0.25, 0.3) is 21.9 Å². The summed E-state index contributed by atoms with van der Waals surface area (Å²) in [6.07, 6.45) is 5.08. The fraction of sp³-hybridized carbons (Fsp3) is 0.321. The van der Waals surface area contributed by atoms with E-state index in [1.165, 1.54) is 35.7 Å². The van der Waals surface area contributed by atoms with Gasteiger partial charge in [-0.3, -0.25) is 43.1 Å². The van der Waals surface area contributed by atoms with E-state index in [4.69, 9.17) is 24.2 Å². The number of aryl methyl sites for hydroxylation is 1. The number of rotatable bonds is 18. The number of carbonyl (C=O) groups is 4. The van der Waals surface area contributed by atoms with Gasteiger partial charge in [-0.15, -0.1) is 0 Å². The molecule has 0 aromatic heterocycles. The minimum Gasteiger partial charge on any atom is -0.493 e. The van der Waals surface area contributed by atoms with Gasteiger partial charge in [0, 0.05) is 78.4 Å². The standard InChI is InChI=1S/C53H54N6O10S3/c1-31-17-39-41(55-27-37-21-34-11-7-9-13-43(34)58(37)51(39)62)24-45(31)68-29-32-18-33(20-36(19-32)57-49(60)26-53(2,3)71-70-16-15-48(50(61)54-4)72(64,65)67-6)30-69-47-25-42-40(23-46(47)66-5)52(63)59-38(28-56-42)22-35-12-8-10-14-44(35)59/h7-14,17-20,23-25,27-28,37-38,48H,15-16,21-22,26,29-30H2,1-6H3,(H,54,61)(H,57,60)/t37-,38-,48?/m0/s1. The van der Waals surface area contributed by atoms with E-state index in [1.54, 1.807) is 29.3 Å². The van der Waals surface area contributed by atoms with Crippen molar-refractivity contribution >= 4 is 96.2 Å². The van der Waals surface area contributed by atoms with Crippen molar-refractivity contribution in [2.45, 2.75) is 81.7 Å². The number of amides is 4. The molecule has 4 amide bonds. The van der Waals surface area contributed by atoms with Gasteiger partial charge in [-0.1, -0.05) is 58.0 Å². The van der Waals surface area contributed by atoms with Gasteiger partial charge in [-0.25, -0.2) is 0 Å². The van der Waals surface area contributed by atoms with Gasteiger partial charge < -0.3 is 24.8 Å². The molecule has 3 atom stereocenters. The van der Waals surface area contributed by atoms with Crippen LogP contribution in [0.25, 0.3) is 0 Å². The molecule has 0 saturated carbocycles. The average Bonchev–Trinajstić information content (AvgIpc) is 3.85. The van der Waals surface area contributed by atoms with Crippen molar-refractivity contribution in [3.05, 3.63) is 130 Å². The Bertz CT molecular complexity index is 3160. The molecular formula is C53H54N6O10S3. The molecule has 0 bridgehead atoms. The lowest BCUT2D eigenvalue weighted by molar-refractivity contribution is -0.120. The van der Waals surface area contributed by atoms with E-state index in [0.717, 1.165) is 35.2 Å². The molecule has 0 spiro atoms. The normalized spacial score (nSPS) is 16.9. The predicted octanol–water partition coefficient (Wildman–Crippen LogP) is 8.71. The van der Waals surface area contributed by atoms with Crippen LogP contribution in [0.15, 0.2) is 101 Å². The molecule has 0 radical (unpaired) electrons. The summed E-state index contributed by atoms with van der Waals surface area (Å²) in [5.74, 6) is 0.344. The third-order valence-electron chi connectivity index (χ3n) is 12.8. The van der Waals surface area contributed by atoms with E-state index >= 15 is 0 Å². The first kappa shape index (κ1) is 50.3. The highest BCUT2D eigenvalue weighted by Crippen LogP contribution is 2.43. The van der Waals surface area contributed by atoms with E-state index in [1.807, 2.05) is 105 Å². The van der Waals surface area contributed by atoms with Gasteiger partial charge >= 0.3 is 0 Å². The average molecular weight is 1030 g/mol. The first-order valence-corrected chi connectivity index (χ1v) is 27.1. The van der Waals surface area contributed by atoms with Crippen molar-refractivity contribution in [2.24, 2.45) is 9.98 Å². The predicted molar refractivity (Wildman–Crippen MR) is 283 cm³/mol. The van der Waals surface area contributed by atoms with Crippen molar-refractivity contribution < 1.29 is 46.0 Å². The quantitative estimate of drug-likeness (QED) is 0.0482. The summed E-state index contributed by atoms with van der Waals surface area (Å²) in [4.78, 5) is 67.3. The number of ether oxygens (including phenoxy) is 3. The summed E-state index contributed by atoms with van der Waals surface area (Å²) in [6.45, 7) is 5.83. The molecule has 0 fully saturated rings. The van der Waals surface area contributed by atoms with Gasteiger partial charge in [0.05, 0.1) is 48.8 Å². The van der Waals surface area contributed by atoms with Gasteiger partial charge in [0.2, 0.25) is 11.8 Å². The highest BCUT2D eigenvalue weighted by Gasteiger charge is 2.38. The van der Waals surface area contributed by atoms with Crippen LogP contribution in [0.1, 0.15) is 75.2 Å². The zero-order valence-electron chi connectivity index (χ0n) is 40.6. The second kappa shape index (κ2) is 20.8. The second-order valence-corrected chi connectivity index (χ2v) is 23.4. The number of nitrogens with one attached hydrogen (secondary N) is 2. The van der Waals surface area contributed by atoms with Crippen LogP contribution in [0.5, 0.6) is 17.2 Å². The molecule has 4 heterocycles. The Labute approximate surface area is 426 Å². The molecule has 1 unspecified atom stereocenters. The lowest BCUT2D eigenvalue weighted by Gasteiger charge is -2.23. The van der Waals surface area contributed by atoms with Gasteiger partial charge in [0.15, 0.2) is 16.7 Å². The first-order valence-electron chi connectivity index (χ1n) is 23.3. The Morgan fingerprint density at radius 3 is 1.90 bits per heavy atom. The number of aliphatic imine (C=N–C) groups is 2. The van der Waals surface area contributed by atoms with Crippen LogP contribution in [0.4, 0.5) is 28.4 Å². The molecule has 16 nitrogen and oxygen atoms in total. The molecule has 374 valence electrons. The van der Waals surface area contributed by atoms with Gasteiger partial charge in [-0.05, 0) is 97.5 Å². The minimum atomic E-state index is -4.09. The summed E-state index contributed by atoms with van der Waals surface area (Å²) >= 11 is 0. The number of para-hydroxylation sites is 2. The molecular weight excluding hydrogens is 977 g/mol. The first-order chi connectivity index (χ1) is 34.6. The maximum atomic E-state index is 14.1. The number of hydrogen-bond donors (Lipinski definition) is 2. The highest BCUT2D eigenvalue weighted by atomic mass is 33.1. The SMILES string of the molecule is CNC(=O)C(CCSSC(C)(C)CC(=O)Nc1cc(COc2cc3c(cc2C)C(=O)N2c4ccccc4C[C@H]2C=N3)cc(COc2cc3c(cc2OC)C(=O)N2c4ccccc4C[C@H]2C=N3)c1)S(=O)(=O)OC. The van der Waals surface area contributed by atoms with Crippen LogP contribution in [0.3, 0.4) is 0 Å². The van der Waals surface area contributed by atoms with Crippen molar-refractivity contribution in [3.8, 4) is 17.2 Å². The summed E-state index contributed by atoms with van der Waals surface area (Å²) in [5, 5.41) is 4.08. The van der Waals surface area contributed by atoms with Crippen molar-refractivity contribution in [1.82, 2.24) is 5.32 Å². The Balaban J connectivity index is 0.935. The smallest absolute Gasteiger partial charge is 0.279 e. The molecule has 5 aromatic rings. The fourth-order valence-corrected chi connectivity index (χ4v) is 13.1. The van der Waals surface area contributed by atoms with Crippen LogP contribution in [0, 0.1) is 6.92 Å². The minimum absolute atomic E-state index is 0.0245. The zero-order valence-corrected chi connectivity index (χ0v) is 43.0. The molecule has 5 aromatic carbocycles. The number of methoxy groups -OCH3 is 1. The molecule has 2 N–H and O–H groups in total. The summed E-state index contributed by atoms with van der Waals surface area (Å²) < 4.78 is 47.5. The van der Waals surface area contributed by atoms with E-state index in [9.17, 15) is 27.6 Å². The maximum Gasteiger partial charge on any atom is 0.279 e. The second-order valence-electron chi connectivity index (χ2n) is 18.4. The van der Waals surface area contributed by atoms with Crippen LogP contribution in [0.2, 0.25) is 0 Å². The third-order valence-corrected chi connectivity index (χ3v) is 17.8. The summed E-state index contributed by atoms with van der Waals surface area (Å²) in [5.41, 5.74) is 8.41. The number of hydrogen-bond acceptors (Lipinski definition) is 14. The lowest BCUT2D eigenvalue weighted by Crippen LogP contribution is -2.39. The molecule has 19 heteroatoms. The Morgan fingerprint density at radius 1 is 0.778 bits per heavy atom. The number of benzene rings is 5. The zero-order chi connectivity index (χ0) is 50.9. The van der Waals surface area contributed by atoms with Crippen molar-refractivity contribution in [3.63, 3.8) is 0 Å². The van der Waals surface area contributed by atoms with Crippen LogP contribution >= 0.6 is 21.6 Å². The van der Waals surface area contributed by atoms with Crippen molar-refractivity contribution in [2.75, 3.05) is 42.1 Å². The maximum absolute atomic E-state index is 14.1. The van der Waals surface area contributed by atoms with Crippen LogP contribution < -0.4 is 34.6 Å². The third kappa shape index (κ3) is 10.5. The number of carbonyl (C=O) groups excluding carboxylic acids is 4. The number of fused-ring (bicyclic) bond motifs is 8. The number of nitrogens with zero attached hydrogens (tertiary/aromatic N) is 4. The summed E-state index contributed by atoms with van der Waals surface area (Å²) in [6, 6.07) is 27.9. The van der Waals surface area contributed by atoms with E-state index < -0.39 is 26.0 Å². The van der Waals surface area contributed by atoms with E-state index in [0.29, 0.717) is 75.2 Å². The lowest BCUT2D eigenvalue weighted by atomic mass is 10.1. The van der Waals surface area contributed by atoms with Crippen LogP contribution in [-0.2, 0) is 49.9 Å². The van der Waals surface area contributed by atoms with Gasteiger partial charge in [-0.2, -0.15) is 8.42 Å². The monoisotopic (exact) mass is 1030 g/mol. The largest absolute Gasteiger partial charge is 0.493 e. The molecule has 4 aliphatic rings. The number of anilines is 3. The van der Waals surface area contributed by atoms with Crippen molar-refractivity contribution in [1.29, 1.82) is 0 Å². The molecule has 9 rings (SSSR count). The summed E-state index contributed by atoms with van der Waals surface area (Å²) in [7, 11) is 2.60. The Hall–Kier alpha value is -6.67. The van der Waals surface area contributed by atoms with E-state index in [2.05, 4.69) is 14.8 Å².